The Morgan fingerprint density at radius 2 is 2.12 bits per heavy atom. The van der Waals surface area contributed by atoms with Gasteiger partial charge in [-0.3, -0.25) is 10.5 Å². The van der Waals surface area contributed by atoms with Crippen molar-refractivity contribution in [3.05, 3.63) is 18.0 Å². The molecule has 0 aliphatic rings. The van der Waals surface area contributed by atoms with Gasteiger partial charge in [0, 0.05) is 25.4 Å². The molecule has 0 saturated heterocycles. The molecule has 1 aromatic rings. The van der Waals surface area contributed by atoms with Gasteiger partial charge in [0.15, 0.2) is 0 Å². The Labute approximate surface area is 103 Å². The Morgan fingerprint density at radius 3 is 2.47 bits per heavy atom. The van der Waals surface area contributed by atoms with Crippen LogP contribution in [0.1, 0.15) is 45.2 Å². The van der Waals surface area contributed by atoms with Gasteiger partial charge in [0.2, 0.25) is 0 Å². The van der Waals surface area contributed by atoms with Crippen molar-refractivity contribution in [1.29, 1.82) is 0 Å². The lowest BCUT2D eigenvalue weighted by Crippen LogP contribution is -2.47. The van der Waals surface area contributed by atoms with Gasteiger partial charge < -0.3 is 4.74 Å². The maximum Gasteiger partial charge on any atom is 0.0884 e. The highest BCUT2D eigenvalue weighted by atomic mass is 16.5. The summed E-state index contributed by atoms with van der Waals surface area (Å²) in [7, 11) is 1.90. The number of hydrogen-bond donors (Lipinski definition) is 2. The minimum atomic E-state index is -0.271. The maximum absolute atomic E-state index is 5.97. The van der Waals surface area contributed by atoms with Crippen molar-refractivity contribution in [2.75, 3.05) is 6.61 Å². The topological polar surface area (TPSA) is 65.1 Å². The number of hydrogen-bond acceptors (Lipinski definition) is 4. The van der Waals surface area contributed by atoms with Crippen LogP contribution >= 0.6 is 0 Å². The molecule has 1 atom stereocenters. The lowest BCUT2D eigenvalue weighted by molar-refractivity contribution is -0.0734. The maximum atomic E-state index is 5.97. The Hall–Kier alpha value is -0.910. The van der Waals surface area contributed by atoms with E-state index in [1.807, 2.05) is 26.4 Å². The molecule has 0 aliphatic heterocycles. The summed E-state index contributed by atoms with van der Waals surface area (Å²) >= 11 is 0. The molecule has 0 saturated carbocycles. The number of aryl methyl sites for hydroxylation is 1. The number of nitrogens with zero attached hydrogens (tertiary/aromatic N) is 2. The summed E-state index contributed by atoms with van der Waals surface area (Å²) in [6, 6.07) is -0.0360. The Kier molecular flexibility index (Phi) is 5.11. The smallest absolute Gasteiger partial charge is 0.0884 e. The number of nitrogens with one attached hydrogen (secondary N) is 1. The molecule has 0 aromatic carbocycles. The normalized spacial score (nSPS) is 13.9. The van der Waals surface area contributed by atoms with Crippen LogP contribution < -0.4 is 11.3 Å². The van der Waals surface area contributed by atoms with Gasteiger partial charge >= 0.3 is 0 Å². The predicted octanol–water partition coefficient (Wildman–Crippen LogP) is 1.52. The van der Waals surface area contributed by atoms with Crippen molar-refractivity contribution in [3.8, 4) is 0 Å². The highest BCUT2D eigenvalue weighted by Crippen LogP contribution is 2.34. The molecule has 98 valence electrons. The van der Waals surface area contributed by atoms with Crippen LogP contribution in [0, 0.1) is 0 Å². The van der Waals surface area contributed by atoms with E-state index in [1.165, 1.54) is 0 Å². The predicted molar refractivity (Wildman–Crippen MR) is 68.2 cm³/mol. The van der Waals surface area contributed by atoms with Crippen molar-refractivity contribution in [1.82, 2.24) is 15.2 Å². The molecule has 0 bridgehead atoms. The first-order valence-corrected chi connectivity index (χ1v) is 6.22. The van der Waals surface area contributed by atoms with Crippen molar-refractivity contribution < 1.29 is 4.74 Å². The van der Waals surface area contributed by atoms with Gasteiger partial charge in [-0.1, -0.05) is 13.8 Å². The molecule has 1 aromatic heterocycles. The molecular formula is C12H24N4O. The molecule has 17 heavy (non-hydrogen) atoms. The van der Waals surface area contributed by atoms with E-state index >= 15 is 0 Å². The summed E-state index contributed by atoms with van der Waals surface area (Å²) in [6.07, 6.45) is 5.62. The molecule has 0 fully saturated rings. The van der Waals surface area contributed by atoms with Gasteiger partial charge in [-0.15, -0.1) is 0 Å². The summed E-state index contributed by atoms with van der Waals surface area (Å²) in [4.78, 5) is 0. The second kappa shape index (κ2) is 6.14. The summed E-state index contributed by atoms with van der Waals surface area (Å²) in [5.41, 5.74) is 3.67. The van der Waals surface area contributed by atoms with Gasteiger partial charge in [-0.05, 0) is 19.8 Å². The standard InChI is InChI=1S/C12H24N4O/c1-5-12(6-2,17-7-3)11(15-13)10-8-14-16(4)9-10/h8-9,11,15H,5-7,13H2,1-4H3. The van der Waals surface area contributed by atoms with E-state index in [0.717, 1.165) is 18.4 Å². The summed E-state index contributed by atoms with van der Waals surface area (Å²) in [5.74, 6) is 5.71. The molecule has 3 N–H and O–H groups in total. The fraction of sp³-hybridized carbons (Fsp3) is 0.750. The zero-order valence-electron chi connectivity index (χ0n) is 11.2. The highest BCUT2D eigenvalue weighted by Gasteiger charge is 2.37. The minimum Gasteiger partial charge on any atom is -0.373 e. The molecule has 1 rings (SSSR count). The van der Waals surface area contributed by atoms with E-state index in [-0.39, 0.29) is 11.6 Å². The SMILES string of the molecule is CCOC(CC)(CC)C(NN)c1cnn(C)c1. The first-order valence-electron chi connectivity index (χ1n) is 6.22. The largest absolute Gasteiger partial charge is 0.373 e. The number of aromatic nitrogens is 2. The van der Waals surface area contributed by atoms with E-state index in [9.17, 15) is 0 Å². The molecule has 0 aliphatic carbocycles. The summed E-state index contributed by atoms with van der Waals surface area (Å²) < 4.78 is 7.74. The van der Waals surface area contributed by atoms with E-state index in [4.69, 9.17) is 10.6 Å². The fourth-order valence-corrected chi connectivity index (χ4v) is 2.37. The molecule has 0 amide bonds. The zero-order valence-corrected chi connectivity index (χ0v) is 11.2. The minimum absolute atomic E-state index is 0.0360. The second-order valence-corrected chi connectivity index (χ2v) is 4.25. The van der Waals surface area contributed by atoms with Crippen molar-refractivity contribution in [2.45, 2.75) is 45.3 Å². The lowest BCUT2D eigenvalue weighted by atomic mass is 9.85. The molecule has 0 spiro atoms. The van der Waals surface area contributed by atoms with Gasteiger partial charge in [-0.25, -0.2) is 5.43 Å². The second-order valence-electron chi connectivity index (χ2n) is 4.25. The van der Waals surface area contributed by atoms with Crippen molar-refractivity contribution in [3.63, 3.8) is 0 Å². The van der Waals surface area contributed by atoms with Gasteiger partial charge in [0.25, 0.3) is 0 Å². The number of nitrogens with two attached hydrogens (primary N) is 1. The number of ether oxygens (including phenoxy) is 1. The Bertz CT molecular complexity index is 333. The fourth-order valence-electron chi connectivity index (χ4n) is 2.37. The van der Waals surface area contributed by atoms with Gasteiger partial charge in [-0.2, -0.15) is 5.10 Å². The number of hydrazine groups is 1. The monoisotopic (exact) mass is 240 g/mol. The van der Waals surface area contributed by atoms with Crippen LogP contribution in [0.4, 0.5) is 0 Å². The molecule has 5 nitrogen and oxygen atoms in total. The van der Waals surface area contributed by atoms with Crippen molar-refractivity contribution >= 4 is 0 Å². The van der Waals surface area contributed by atoms with E-state index < -0.39 is 0 Å². The molecule has 1 heterocycles. The third-order valence-electron chi connectivity index (χ3n) is 3.38. The molecular weight excluding hydrogens is 216 g/mol. The highest BCUT2D eigenvalue weighted by molar-refractivity contribution is 5.15. The van der Waals surface area contributed by atoms with Crippen LogP contribution in [-0.2, 0) is 11.8 Å². The average Bonchev–Trinajstić information content (AvgIpc) is 2.75. The number of rotatable bonds is 7. The van der Waals surface area contributed by atoms with E-state index in [2.05, 4.69) is 24.4 Å². The lowest BCUT2D eigenvalue weighted by Gasteiger charge is -2.38. The van der Waals surface area contributed by atoms with Crippen LogP contribution in [0.3, 0.4) is 0 Å². The molecule has 0 radical (unpaired) electrons. The third kappa shape index (κ3) is 2.86. The van der Waals surface area contributed by atoms with Gasteiger partial charge in [0.05, 0.1) is 17.8 Å². The zero-order chi connectivity index (χ0) is 12.9. The van der Waals surface area contributed by atoms with Crippen LogP contribution in [0.2, 0.25) is 0 Å². The Balaban J connectivity index is 3.04. The quantitative estimate of drug-likeness (QED) is 0.560. The first kappa shape index (κ1) is 14.2. The molecule has 1 unspecified atom stereocenters. The van der Waals surface area contributed by atoms with Crippen LogP contribution in [0.15, 0.2) is 12.4 Å². The molecule has 5 heteroatoms. The first-order chi connectivity index (χ1) is 8.13. The Morgan fingerprint density at radius 1 is 1.47 bits per heavy atom. The van der Waals surface area contributed by atoms with Crippen LogP contribution in [0.5, 0.6) is 0 Å². The summed E-state index contributed by atoms with van der Waals surface area (Å²) in [5, 5.41) is 4.19. The van der Waals surface area contributed by atoms with E-state index in [1.54, 1.807) is 4.68 Å². The van der Waals surface area contributed by atoms with Crippen LogP contribution in [-0.4, -0.2) is 22.0 Å². The van der Waals surface area contributed by atoms with Gasteiger partial charge in [0.1, 0.15) is 0 Å². The third-order valence-corrected chi connectivity index (χ3v) is 3.38. The summed E-state index contributed by atoms with van der Waals surface area (Å²) in [6.45, 7) is 6.94. The average molecular weight is 240 g/mol. The van der Waals surface area contributed by atoms with E-state index in [0.29, 0.717) is 6.61 Å². The van der Waals surface area contributed by atoms with Crippen molar-refractivity contribution in [2.24, 2.45) is 12.9 Å². The van der Waals surface area contributed by atoms with Crippen LogP contribution in [0.25, 0.3) is 0 Å².